The summed E-state index contributed by atoms with van der Waals surface area (Å²) in [7, 11) is 4.00. The Morgan fingerprint density at radius 1 is 0.403 bits per heavy atom. The lowest BCUT2D eigenvalue weighted by Gasteiger charge is -2.30. The zero-order valence-electron chi connectivity index (χ0n) is 37.2. The van der Waals surface area contributed by atoms with E-state index in [1.54, 1.807) is 0 Å². The fourth-order valence-electron chi connectivity index (χ4n) is 10.6. The van der Waals surface area contributed by atoms with E-state index < -0.39 is 11.2 Å². The molecule has 6 aromatic rings. The molecule has 0 unspecified atom stereocenters. The minimum Gasteiger partial charge on any atom is -0.441 e. The molecule has 10 rings (SSSR count). The lowest BCUT2D eigenvalue weighted by atomic mass is 9.82. The number of nitrogens with zero attached hydrogens (tertiary/aromatic N) is 4. The van der Waals surface area contributed by atoms with Gasteiger partial charge in [-0.15, -0.1) is 0 Å². The number of fused-ring (bicyclic) bond motifs is 14. The highest BCUT2D eigenvalue weighted by atomic mass is 16.6. The van der Waals surface area contributed by atoms with E-state index in [4.69, 9.17) is 9.47 Å². The highest BCUT2D eigenvalue weighted by Crippen LogP contribution is 2.60. The van der Waals surface area contributed by atoms with Crippen LogP contribution in [0.15, 0.2) is 121 Å². The predicted molar refractivity (Wildman–Crippen MR) is 252 cm³/mol. The van der Waals surface area contributed by atoms with Crippen LogP contribution in [0.25, 0.3) is 22.3 Å². The zero-order valence-corrected chi connectivity index (χ0v) is 37.2. The standard InChI is InChI=1S/C32H39N3O2.C22H17NO2/c1-7-33(8-2)22-13-16-28-25(19-22)26-20-23(34(9-3)10-4)14-17-29(26)32(28)30-18-15-24(35(11-5)12-6)21-27(30)31(36)37-32;1-23(2)19-13-7-10-16-20(19)22(25-21(16)24)17-11-5-3-8-14(17)15-9-4-6-12-18(15)22/h13-21H,7-12H2,1-6H3;3-13H,1-2H3. The van der Waals surface area contributed by atoms with Gasteiger partial charge in [0.2, 0.25) is 0 Å². The first-order valence-corrected chi connectivity index (χ1v) is 22.3. The van der Waals surface area contributed by atoms with E-state index in [2.05, 4.69) is 129 Å². The van der Waals surface area contributed by atoms with Crippen LogP contribution in [0.1, 0.15) is 95.6 Å². The Hall–Kier alpha value is -6.54. The number of carbonyl (C=O) groups is 2. The van der Waals surface area contributed by atoms with Crippen LogP contribution >= 0.6 is 0 Å². The van der Waals surface area contributed by atoms with Crippen LogP contribution in [0.5, 0.6) is 0 Å². The van der Waals surface area contributed by atoms with Crippen molar-refractivity contribution in [2.45, 2.75) is 52.7 Å². The van der Waals surface area contributed by atoms with Gasteiger partial charge in [0.1, 0.15) is 0 Å². The molecular weight excluding hydrogens is 769 g/mol. The van der Waals surface area contributed by atoms with Gasteiger partial charge in [-0.3, -0.25) is 0 Å². The third-order valence-corrected chi connectivity index (χ3v) is 13.5. The Bertz CT molecular complexity index is 2620. The molecule has 0 saturated heterocycles. The van der Waals surface area contributed by atoms with Gasteiger partial charge in [-0.2, -0.15) is 0 Å². The zero-order chi connectivity index (χ0) is 43.5. The number of esters is 2. The van der Waals surface area contributed by atoms with Gasteiger partial charge < -0.3 is 29.1 Å². The van der Waals surface area contributed by atoms with Gasteiger partial charge >= 0.3 is 11.9 Å². The van der Waals surface area contributed by atoms with Gasteiger partial charge in [-0.05, 0) is 112 Å². The van der Waals surface area contributed by atoms with Gasteiger partial charge in [0.25, 0.3) is 0 Å². The fourth-order valence-corrected chi connectivity index (χ4v) is 10.6. The summed E-state index contributed by atoms with van der Waals surface area (Å²) in [6.07, 6.45) is 0. The van der Waals surface area contributed by atoms with Crippen LogP contribution < -0.4 is 19.6 Å². The highest BCUT2D eigenvalue weighted by Gasteiger charge is 2.56. The minimum atomic E-state index is -0.914. The molecule has 0 amide bonds. The second-order valence-electron chi connectivity index (χ2n) is 16.5. The number of rotatable bonds is 10. The van der Waals surface area contributed by atoms with Crippen LogP contribution in [-0.2, 0) is 20.7 Å². The minimum absolute atomic E-state index is 0.247. The maximum atomic E-state index is 13.5. The largest absolute Gasteiger partial charge is 0.441 e. The molecule has 0 saturated carbocycles. The van der Waals surface area contributed by atoms with Crippen molar-refractivity contribution in [3.05, 3.63) is 166 Å². The lowest BCUT2D eigenvalue weighted by molar-refractivity contribution is 0.0255. The fraction of sp³-hybridized carbons (Fsp3) is 0.296. The van der Waals surface area contributed by atoms with Crippen LogP contribution in [0.4, 0.5) is 22.7 Å². The third-order valence-electron chi connectivity index (χ3n) is 13.5. The van der Waals surface area contributed by atoms with Crippen molar-refractivity contribution in [3.63, 3.8) is 0 Å². The summed E-state index contributed by atoms with van der Waals surface area (Å²) in [5, 5.41) is 0. The van der Waals surface area contributed by atoms with E-state index in [1.165, 1.54) is 11.4 Å². The second-order valence-corrected chi connectivity index (χ2v) is 16.5. The molecule has 0 N–H and O–H groups in total. The molecule has 0 atom stereocenters. The van der Waals surface area contributed by atoms with Crippen LogP contribution in [0.3, 0.4) is 0 Å². The first kappa shape index (κ1) is 40.8. The maximum absolute atomic E-state index is 13.5. The van der Waals surface area contributed by atoms with Gasteiger partial charge in [0, 0.05) is 109 Å². The number of hydrogen-bond acceptors (Lipinski definition) is 8. The van der Waals surface area contributed by atoms with Crippen molar-refractivity contribution < 1.29 is 19.1 Å². The maximum Gasteiger partial charge on any atom is 0.340 e. The third kappa shape index (κ3) is 5.86. The normalized spacial score (nSPS) is 14.8. The Balaban J connectivity index is 0.000000170. The van der Waals surface area contributed by atoms with Crippen LogP contribution in [-0.4, -0.2) is 65.3 Å². The quantitative estimate of drug-likeness (QED) is 0.127. The molecule has 0 fully saturated rings. The smallest absolute Gasteiger partial charge is 0.340 e. The van der Waals surface area contributed by atoms with Crippen molar-refractivity contribution in [1.29, 1.82) is 0 Å². The van der Waals surface area contributed by atoms with Gasteiger partial charge in [-0.1, -0.05) is 72.8 Å². The summed E-state index contributed by atoms with van der Waals surface area (Å²) in [5.41, 5.74) is 14.7. The Morgan fingerprint density at radius 3 is 1.23 bits per heavy atom. The molecule has 2 aliphatic heterocycles. The topological polar surface area (TPSA) is 65.6 Å². The summed E-state index contributed by atoms with van der Waals surface area (Å²) in [5.74, 6) is -0.506. The molecule has 6 aromatic carbocycles. The van der Waals surface area contributed by atoms with Crippen molar-refractivity contribution in [1.82, 2.24) is 0 Å². The molecular formula is C54H56N4O4. The summed E-state index contributed by atoms with van der Waals surface area (Å²) < 4.78 is 12.6. The number of ether oxygens (including phenoxy) is 2. The van der Waals surface area contributed by atoms with E-state index >= 15 is 0 Å². The van der Waals surface area contributed by atoms with E-state index in [0.717, 1.165) is 106 Å². The molecule has 316 valence electrons. The lowest BCUT2D eigenvalue weighted by Crippen LogP contribution is -2.29. The molecule has 2 spiro atoms. The number of benzene rings is 6. The summed E-state index contributed by atoms with van der Waals surface area (Å²) >= 11 is 0. The Morgan fingerprint density at radius 2 is 0.774 bits per heavy atom. The van der Waals surface area contributed by atoms with Gasteiger partial charge in [0.15, 0.2) is 11.2 Å². The van der Waals surface area contributed by atoms with Crippen molar-refractivity contribution in [2.24, 2.45) is 0 Å². The molecule has 2 heterocycles. The molecule has 4 aliphatic rings. The monoisotopic (exact) mass is 824 g/mol. The van der Waals surface area contributed by atoms with E-state index in [1.807, 2.05) is 67.5 Å². The molecule has 0 radical (unpaired) electrons. The molecule has 0 aromatic heterocycles. The van der Waals surface area contributed by atoms with Crippen molar-refractivity contribution in [2.75, 3.05) is 73.0 Å². The number of hydrogen-bond donors (Lipinski definition) is 0. The van der Waals surface area contributed by atoms with Gasteiger partial charge in [0.05, 0.1) is 11.1 Å². The summed E-state index contributed by atoms with van der Waals surface area (Å²) in [6, 6.07) is 41.8. The van der Waals surface area contributed by atoms with E-state index in [0.29, 0.717) is 11.1 Å². The van der Waals surface area contributed by atoms with Crippen LogP contribution in [0, 0.1) is 0 Å². The van der Waals surface area contributed by atoms with Crippen molar-refractivity contribution in [3.8, 4) is 22.3 Å². The van der Waals surface area contributed by atoms with Crippen LogP contribution in [0.2, 0.25) is 0 Å². The number of carbonyl (C=O) groups excluding carboxylic acids is 2. The average molecular weight is 825 g/mol. The summed E-state index contributed by atoms with van der Waals surface area (Å²) in [6.45, 7) is 18.6. The molecule has 8 nitrogen and oxygen atoms in total. The van der Waals surface area contributed by atoms with E-state index in [-0.39, 0.29) is 11.9 Å². The highest BCUT2D eigenvalue weighted by molar-refractivity contribution is 6.02. The van der Waals surface area contributed by atoms with Gasteiger partial charge in [-0.25, -0.2) is 9.59 Å². The predicted octanol–water partition coefficient (Wildman–Crippen LogP) is 10.9. The average Bonchev–Trinajstić information content (AvgIpc) is 3.97. The summed E-state index contributed by atoms with van der Waals surface area (Å²) in [4.78, 5) is 35.3. The Labute approximate surface area is 366 Å². The first-order chi connectivity index (χ1) is 30.1. The molecule has 0 bridgehead atoms. The molecule has 2 aliphatic carbocycles. The second kappa shape index (κ2) is 15.7. The SMILES string of the molecule is CCN(CC)c1ccc2c(c1)C(=O)OC21c2ccc(N(CC)CC)cc2-c2cc(N(CC)CC)ccc21.CN(C)c1cccc2c1C1(OC2=O)c2ccccc2-c2ccccc21. The van der Waals surface area contributed by atoms with Crippen molar-refractivity contribution >= 4 is 34.7 Å². The first-order valence-electron chi connectivity index (χ1n) is 22.3. The van der Waals surface area contributed by atoms with E-state index in [9.17, 15) is 9.59 Å². The Kier molecular flexibility index (Phi) is 10.4. The molecule has 62 heavy (non-hydrogen) atoms. The molecule has 8 heteroatoms. The number of anilines is 4.